The number of aliphatic hydroxyl groups is 3. The lowest BCUT2D eigenvalue weighted by atomic mass is 10.0. The molecule has 29 heavy (non-hydrogen) atoms. The Hall–Kier alpha value is -0.200. The molecule has 3 N–H and O–H groups in total. The van der Waals surface area contributed by atoms with E-state index in [9.17, 15) is 10.2 Å². The van der Waals surface area contributed by atoms with E-state index in [-0.39, 0.29) is 13.2 Å². The van der Waals surface area contributed by atoms with Crippen molar-refractivity contribution >= 4 is 0 Å². The van der Waals surface area contributed by atoms with Gasteiger partial charge in [-0.2, -0.15) is 0 Å². The molecule has 5 nitrogen and oxygen atoms in total. The maximum absolute atomic E-state index is 9.90. The van der Waals surface area contributed by atoms with Gasteiger partial charge in [-0.15, -0.1) is 0 Å². The zero-order valence-corrected chi connectivity index (χ0v) is 18.9. The maximum atomic E-state index is 9.90. The van der Waals surface area contributed by atoms with Gasteiger partial charge in [-0.25, -0.2) is 0 Å². The van der Waals surface area contributed by atoms with Gasteiger partial charge in [0, 0.05) is 6.61 Å². The van der Waals surface area contributed by atoms with Crippen LogP contribution in [0, 0.1) is 0 Å². The summed E-state index contributed by atoms with van der Waals surface area (Å²) < 4.78 is 11.1. The lowest BCUT2D eigenvalue weighted by molar-refractivity contribution is -0.0938. The summed E-state index contributed by atoms with van der Waals surface area (Å²) in [5.74, 6) is 0. The lowest BCUT2D eigenvalue weighted by Crippen LogP contribution is -2.42. The van der Waals surface area contributed by atoms with Crippen LogP contribution in [0.2, 0.25) is 0 Å². The molecule has 4 atom stereocenters. The Morgan fingerprint density at radius 2 is 1.24 bits per heavy atom. The zero-order valence-electron chi connectivity index (χ0n) is 18.9. The molecule has 1 rings (SSSR count). The van der Waals surface area contributed by atoms with E-state index in [0.29, 0.717) is 6.61 Å². The topological polar surface area (TPSA) is 79.2 Å². The van der Waals surface area contributed by atoms with Crippen LogP contribution in [0.25, 0.3) is 0 Å². The molecule has 1 heterocycles. The Kier molecular flexibility index (Phi) is 17.2. The molecule has 0 unspecified atom stereocenters. The van der Waals surface area contributed by atoms with Gasteiger partial charge in [0.05, 0.1) is 13.2 Å². The summed E-state index contributed by atoms with van der Waals surface area (Å²) in [6.45, 7) is 2.62. The van der Waals surface area contributed by atoms with E-state index >= 15 is 0 Å². The summed E-state index contributed by atoms with van der Waals surface area (Å²) in [5.41, 5.74) is 0. The standard InChI is InChI=1S/C24H48O5/c1-2-3-4-5-6-7-8-9-10-11-12-13-14-15-16-17-18-28-24-22(27)20-29-23(24)21(26)19-25/h21-27H,2-20H2,1H3/t21-,22+,23-,24-/m1/s1. The Morgan fingerprint density at radius 3 is 1.69 bits per heavy atom. The minimum absolute atomic E-state index is 0.158. The molecule has 1 saturated heterocycles. The van der Waals surface area contributed by atoms with Gasteiger partial charge in [0.15, 0.2) is 0 Å². The van der Waals surface area contributed by atoms with Crippen LogP contribution in [0.3, 0.4) is 0 Å². The highest BCUT2D eigenvalue weighted by atomic mass is 16.6. The van der Waals surface area contributed by atoms with Gasteiger partial charge in [-0.3, -0.25) is 0 Å². The Morgan fingerprint density at radius 1 is 0.793 bits per heavy atom. The summed E-state index contributed by atoms with van der Waals surface area (Å²) in [5, 5.41) is 28.7. The summed E-state index contributed by atoms with van der Waals surface area (Å²) in [6.07, 6.45) is 18.5. The summed E-state index contributed by atoms with van der Waals surface area (Å²) >= 11 is 0. The molecule has 0 aliphatic carbocycles. The highest BCUT2D eigenvalue weighted by Crippen LogP contribution is 2.21. The normalized spacial score (nSPS) is 23.0. The average Bonchev–Trinajstić information content (AvgIpc) is 3.10. The van der Waals surface area contributed by atoms with E-state index in [0.717, 1.165) is 12.8 Å². The molecule has 0 saturated carbocycles. The number of hydrogen-bond acceptors (Lipinski definition) is 5. The Bertz CT molecular complexity index is 352. The molecule has 0 aromatic rings. The highest BCUT2D eigenvalue weighted by molar-refractivity contribution is 4.89. The van der Waals surface area contributed by atoms with Crippen LogP contribution in [0.4, 0.5) is 0 Å². The second-order valence-electron chi connectivity index (χ2n) is 8.75. The Balaban J connectivity index is 1.82. The molecule has 1 aliphatic heterocycles. The molecular weight excluding hydrogens is 368 g/mol. The van der Waals surface area contributed by atoms with E-state index in [1.807, 2.05) is 0 Å². The number of hydrogen-bond donors (Lipinski definition) is 3. The fraction of sp³-hybridized carbons (Fsp3) is 1.00. The van der Waals surface area contributed by atoms with Crippen molar-refractivity contribution < 1.29 is 24.8 Å². The smallest absolute Gasteiger partial charge is 0.114 e. The van der Waals surface area contributed by atoms with Gasteiger partial charge in [0.2, 0.25) is 0 Å². The van der Waals surface area contributed by atoms with Gasteiger partial charge in [0.1, 0.15) is 24.4 Å². The minimum Gasteiger partial charge on any atom is -0.394 e. The third-order valence-electron chi connectivity index (χ3n) is 6.04. The van der Waals surface area contributed by atoms with Crippen LogP contribution in [0.15, 0.2) is 0 Å². The zero-order chi connectivity index (χ0) is 21.2. The first-order valence-corrected chi connectivity index (χ1v) is 12.4. The quantitative estimate of drug-likeness (QED) is 0.250. The first kappa shape index (κ1) is 26.8. The molecule has 1 fully saturated rings. The lowest BCUT2D eigenvalue weighted by Gasteiger charge is -2.23. The number of rotatable bonds is 20. The van der Waals surface area contributed by atoms with Crippen molar-refractivity contribution in [2.75, 3.05) is 19.8 Å². The largest absolute Gasteiger partial charge is 0.394 e. The second-order valence-corrected chi connectivity index (χ2v) is 8.75. The van der Waals surface area contributed by atoms with Crippen molar-refractivity contribution in [2.24, 2.45) is 0 Å². The van der Waals surface area contributed by atoms with E-state index in [1.54, 1.807) is 0 Å². The van der Waals surface area contributed by atoms with Gasteiger partial charge in [0.25, 0.3) is 0 Å². The highest BCUT2D eigenvalue weighted by Gasteiger charge is 2.40. The molecule has 0 spiro atoms. The molecule has 0 bridgehead atoms. The van der Waals surface area contributed by atoms with Crippen molar-refractivity contribution in [3.63, 3.8) is 0 Å². The van der Waals surface area contributed by atoms with Crippen LogP contribution in [-0.4, -0.2) is 59.6 Å². The summed E-state index contributed by atoms with van der Waals surface area (Å²) in [4.78, 5) is 0. The molecule has 0 aromatic carbocycles. The van der Waals surface area contributed by atoms with Gasteiger partial charge < -0.3 is 24.8 Å². The van der Waals surface area contributed by atoms with E-state index in [1.165, 1.54) is 89.9 Å². The van der Waals surface area contributed by atoms with Crippen LogP contribution in [0.1, 0.15) is 110 Å². The molecule has 0 aromatic heterocycles. The predicted octanol–water partition coefficient (Wildman–Crippen LogP) is 4.75. The minimum atomic E-state index is -0.997. The fourth-order valence-electron chi connectivity index (χ4n) is 4.13. The fourth-order valence-corrected chi connectivity index (χ4v) is 4.13. The van der Waals surface area contributed by atoms with E-state index < -0.39 is 24.4 Å². The maximum Gasteiger partial charge on any atom is 0.114 e. The number of aliphatic hydroxyl groups excluding tert-OH is 3. The van der Waals surface area contributed by atoms with Crippen LogP contribution < -0.4 is 0 Å². The van der Waals surface area contributed by atoms with Crippen molar-refractivity contribution in [3.8, 4) is 0 Å². The van der Waals surface area contributed by atoms with Crippen molar-refractivity contribution in [1.82, 2.24) is 0 Å². The first-order chi connectivity index (χ1) is 14.2. The molecular formula is C24H48O5. The summed E-state index contributed by atoms with van der Waals surface area (Å²) in [6, 6.07) is 0. The third-order valence-corrected chi connectivity index (χ3v) is 6.04. The predicted molar refractivity (Wildman–Crippen MR) is 118 cm³/mol. The second kappa shape index (κ2) is 18.6. The Labute approximate surface area is 179 Å². The van der Waals surface area contributed by atoms with Gasteiger partial charge in [-0.05, 0) is 6.42 Å². The van der Waals surface area contributed by atoms with Crippen molar-refractivity contribution in [2.45, 2.75) is 134 Å². The average molecular weight is 417 g/mol. The molecule has 174 valence electrons. The van der Waals surface area contributed by atoms with Crippen LogP contribution in [-0.2, 0) is 9.47 Å². The molecule has 1 aliphatic rings. The van der Waals surface area contributed by atoms with Crippen molar-refractivity contribution in [3.05, 3.63) is 0 Å². The van der Waals surface area contributed by atoms with E-state index in [4.69, 9.17) is 14.6 Å². The SMILES string of the molecule is CCCCCCCCCCCCCCCCCCO[C@H]1[C@@H]([C@H](O)CO)OC[C@@H]1O. The van der Waals surface area contributed by atoms with Crippen molar-refractivity contribution in [1.29, 1.82) is 0 Å². The number of unbranched alkanes of at least 4 members (excludes halogenated alkanes) is 15. The third kappa shape index (κ3) is 13.0. The molecule has 0 amide bonds. The number of ether oxygens (including phenoxy) is 2. The van der Waals surface area contributed by atoms with E-state index in [2.05, 4.69) is 6.92 Å². The molecule has 0 radical (unpaired) electrons. The van der Waals surface area contributed by atoms with Crippen LogP contribution in [0.5, 0.6) is 0 Å². The molecule has 5 heteroatoms. The van der Waals surface area contributed by atoms with Gasteiger partial charge >= 0.3 is 0 Å². The summed E-state index contributed by atoms with van der Waals surface area (Å²) in [7, 11) is 0. The van der Waals surface area contributed by atoms with Gasteiger partial charge in [-0.1, -0.05) is 103 Å². The monoisotopic (exact) mass is 416 g/mol. The first-order valence-electron chi connectivity index (χ1n) is 12.4. The van der Waals surface area contributed by atoms with Crippen LogP contribution >= 0.6 is 0 Å².